The van der Waals surface area contributed by atoms with Gasteiger partial charge in [-0.3, -0.25) is 4.79 Å². The van der Waals surface area contributed by atoms with Crippen molar-refractivity contribution in [2.75, 3.05) is 11.4 Å². The Morgan fingerprint density at radius 1 is 1.35 bits per heavy atom. The molecule has 3 nitrogen and oxygen atoms in total. The second-order valence-corrected chi connectivity index (χ2v) is 5.23. The van der Waals surface area contributed by atoms with Gasteiger partial charge in [-0.1, -0.05) is 6.07 Å². The molecule has 1 aliphatic heterocycles. The fourth-order valence-electron chi connectivity index (χ4n) is 2.44. The highest BCUT2D eigenvalue weighted by Crippen LogP contribution is 2.31. The predicted octanol–water partition coefficient (Wildman–Crippen LogP) is 2.21. The number of aromatic nitrogens is 1. The van der Waals surface area contributed by atoms with Crippen LogP contribution >= 0.6 is 12.6 Å². The van der Waals surface area contributed by atoms with Crippen LogP contribution in [-0.2, 0) is 11.8 Å². The summed E-state index contributed by atoms with van der Waals surface area (Å²) < 4.78 is 2.07. The molecule has 1 saturated heterocycles. The molecule has 0 N–H and O–H groups in total. The molecule has 1 aliphatic rings. The van der Waals surface area contributed by atoms with Crippen molar-refractivity contribution in [3.8, 4) is 0 Å². The van der Waals surface area contributed by atoms with Crippen LogP contribution in [0.3, 0.4) is 0 Å². The van der Waals surface area contributed by atoms with Crippen molar-refractivity contribution in [1.82, 2.24) is 4.57 Å². The number of hydrogen-bond acceptors (Lipinski definition) is 2. The first kappa shape index (κ1) is 10.7. The lowest BCUT2D eigenvalue weighted by Gasteiger charge is -2.17. The Hall–Kier alpha value is -1.42. The number of hydrogen-bond donors (Lipinski definition) is 1. The van der Waals surface area contributed by atoms with E-state index >= 15 is 0 Å². The van der Waals surface area contributed by atoms with Gasteiger partial charge in [0, 0.05) is 42.4 Å². The molecule has 1 amide bonds. The van der Waals surface area contributed by atoms with Crippen molar-refractivity contribution < 1.29 is 4.79 Å². The summed E-state index contributed by atoms with van der Waals surface area (Å²) >= 11 is 4.39. The fourth-order valence-corrected chi connectivity index (χ4v) is 2.76. The van der Waals surface area contributed by atoms with E-state index in [1.165, 1.54) is 0 Å². The van der Waals surface area contributed by atoms with E-state index in [0.717, 1.165) is 16.6 Å². The number of thiol groups is 1. The minimum Gasteiger partial charge on any atom is -0.350 e. The Balaban J connectivity index is 2.14. The third kappa shape index (κ3) is 1.63. The molecule has 88 valence electrons. The van der Waals surface area contributed by atoms with Crippen LogP contribution in [0.1, 0.15) is 6.42 Å². The molecule has 3 rings (SSSR count). The predicted molar refractivity (Wildman–Crippen MR) is 72.7 cm³/mol. The highest BCUT2D eigenvalue weighted by atomic mass is 32.1. The highest BCUT2D eigenvalue weighted by molar-refractivity contribution is 7.81. The Labute approximate surface area is 105 Å². The molecule has 1 atom stereocenters. The molecule has 0 aliphatic carbocycles. The summed E-state index contributed by atoms with van der Waals surface area (Å²) in [4.78, 5) is 13.8. The molecule has 2 heterocycles. The highest BCUT2D eigenvalue weighted by Gasteiger charge is 2.29. The van der Waals surface area contributed by atoms with Crippen LogP contribution < -0.4 is 4.90 Å². The second kappa shape index (κ2) is 3.81. The van der Waals surface area contributed by atoms with Crippen molar-refractivity contribution in [2.24, 2.45) is 7.05 Å². The normalized spacial score (nSPS) is 20.5. The van der Waals surface area contributed by atoms with Crippen LogP contribution in [0.5, 0.6) is 0 Å². The second-order valence-electron chi connectivity index (χ2n) is 4.50. The van der Waals surface area contributed by atoms with Crippen molar-refractivity contribution in [3.05, 3.63) is 30.5 Å². The number of carbonyl (C=O) groups is 1. The summed E-state index contributed by atoms with van der Waals surface area (Å²) in [6, 6.07) is 8.13. The van der Waals surface area contributed by atoms with E-state index in [1.807, 2.05) is 30.3 Å². The van der Waals surface area contributed by atoms with Gasteiger partial charge < -0.3 is 9.47 Å². The number of rotatable bonds is 1. The van der Waals surface area contributed by atoms with Gasteiger partial charge in [-0.25, -0.2) is 0 Å². The van der Waals surface area contributed by atoms with Crippen LogP contribution in [0.2, 0.25) is 0 Å². The summed E-state index contributed by atoms with van der Waals surface area (Å²) in [6.07, 6.45) is 2.55. The molecular weight excluding hydrogens is 232 g/mol. The molecule has 0 saturated carbocycles. The summed E-state index contributed by atoms with van der Waals surface area (Å²) in [5, 5.41) is 1.28. The van der Waals surface area contributed by atoms with Crippen molar-refractivity contribution in [2.45, 2.75) is 11.7 Å². The average Bonchev–Trinajstić information content (AvgIpc) is 2.83. The van der Waals surface area contributed by atoms with E-state index in [4.69, 9.17) is 0 Å². The Morgan fingerprint density at radius 3 is 2.88 bits per heavy atom. The van der Waals surface area contributed by atoms with Crippen molar-refractivity contribution in [3.63, 3.8) is 0 Å². The number of fused-ring (bicyclic) bond motifs is 1. The first-order valence-corrected chi connectivity index (χ1v) is 6.21. The van der Waals surface area contributed by atoms with Crippen LogP contribution in [0.15, 0.2) is 30.5 Å². The van der Waals surface area contributed by atoms with Gasteiger partial charge in [0.25, 0.3) is 0 Å². The van der Waals surface area contributed by atoms with Gasteiger partial charge in [0.1, 0.15) is 0 Å². The zero-order valence-corrected chi connectivity index (χ0v) is 10.5. The lowest BCUT2D eigenvalue weighted by atomic mass is 10.2. The molecule has 17 heavy (non-hydrogen) atoms. The molecule has 0 radical (unpaired) electrons. The van der Waals surface area contributed by atoms with Crippen molar-refractivity contribution >= 4 is 35.1 Å². The van der Waals surface area contributed by atoms with Crippen LogP contribution in [0.25, 0.3) is 10.9 Å². The standard InChI is InChI=1S/C13H14N2OS/c1-14-6-5-10-11(14)3-2-4-12(10)15-8-9(17)7-13(15)16/h2-6,9,17H,7-8H2,1H3. The third-order valence-corrected chi connectivity index (χ3v) is 3.65. The number of benzene rings is 1. The first-order chi connectivity index (χ1) is 8.16. The topological polar surface area (TPSA) is 25.2 Å². The van der Waals surface area contributed by atoms with E-state index in [9.17, 15) is 4.79 Å². The van der Waals surface area contributed by atoms with E-state index in [2.05, 4.69) is 29.3 Å². The van der Waals surface area contributed by atoms with E-state index in [1.54, 1.807) is 0 Å². The third-order valence-electron chi connectivity index (χ3n) is 3.30. The molecule has 2 aromatic rings. The van der Waals surface area contributed by atoms with Gasteiger partial charge in [-0.15, -0.1) is 0 Å². The first-order valence-electron chi connectivity index (χ1n) is 5.69. The fraction of sp³-hybridized carbons (Fsp3) is 0.308. The molecule has 4 heteroatoms. The molecule has 1 aromatic carbocycles. The maximum atomic E-state index is 11.9. The minimum atomic E-state index is 0.154. The Bertz CT molecular complexity index is 590. The summed E-state index contributed by atoms with van der Waals surface area (Å²) in [5.74, 6) is 0.168. The number of amides is 1. The van der Waals surface area contributed by atoms with E-state index in [0.29, 0.717) is 13.0 Å². The molecule has 1 unspecified atom stereocenters. The van der Waals surface area contributed by atoms with E-state index < -0.39 is 0 Å². The van der Waals surface area contributed by atoms with Gasteiger partial charge >= 0.3 is 0 Å². The maximum absolute atomic E-state index is 11.9. The molecule has 1 fully saturated rings. The quantitative estimate of drug-likeness (QED) is 0.767. The smallest absolute Gasteiger partial charge is 0.228 e. The maximum Gasteiger partial charge on any atom is 0.228 e. The zero-order chi connectivity index (χ0) is 12.0. The Kier molecular flexibility index (Phi) is 2.40. The van der Waals surface area contributed by atoms with Gasteiger partial charge in [-0.05, 0) is 18.2 Å². The Morgan fingerprint density at radius 2 is 2.18 bits per heavy atom. The zero-order valence-electron chi connectivity index (χ0n) is 9.63. The van der Waals surface area contributed by atoms with Crippen LogP contribution in [-0.4, -0.2) is 22.3 Å². The number of carbonyl (C=O) groups excluding carboxylic acids is 1. The molecular formula is C13H14N2OS. The molecule has 0 spiro atoms. The number of nitrogens with zero attached hydrogens (tertiary/aromatic N) is 2. The van der Waals surface area contributed by atoms with E-state index in [-0.39, 0.29) is 11.2 Å². The van der Waals surface area contributed by atoms with Gasteiger partial charge in [0.15, 0.2) is 0 Å². The van der Waals surface area contributed by atoms with Gasteiger partial charge in [-0.2, -0.15) is 12.6 Å². The lowest BCUT2D eigenvalue weighted by Crippen LogP contribution is -2.24. The SMILES string of the molecule is Cn1ccc2c(N3CC(S)CC3=O)cccc21. The lowest BCUT2D eigenvalue weighted by molar-refractivity contribution is -0.117. The summed E-state index contributed by atoms with van der Waals surface area (Å²) in [5.41, 5.74) is 2.16. The molecule has 0 bridgehead atoms. The molecule has 1 aromatic heterocycles. The minimum absolute atomic E-state index is 0.154. The largest absolute Gasteiger partial charge is 0.350 e. The van der Waals surface area contributed by atoms with Crippen molar-refractivity contribution in [1.29, 1.82) is 0 Å². The van der Waals surface area contributed by atoms with Gasteiger partial charge in [0.2, 0.25) is 5.91 Å². The number of anilines is 1. The number of aryl methyl sites for hydroxylation is 1. The average molecular weight is 246 g/mol. The summed E-state index contributed by atoms with van der Waals surface area (Å²) in [6.45, 7) is 0.704. The monoisotopic (exact) mass is 246 g/mol. The van der Waals surface area contributed by atoms with Crippen LogP contribution in [0.4, 0.5) is 5.69 Å². The summed E-state index contributed by atoms with van der Waals surface area (Å²) in [7, 11) is 2.01. The van der Waals surface area contributed by atoms with Gasteiger partial charge in [0.05, 0.1) is 5.69 Å². The van der Waals surface area contributed by atoms with Crippen LogP contribution in [0, 0.1) is 0 Å².